The highest BCUT2D eigenvalue weighted by Gasteiger charge is 2.24. The zero-order valence-corrected chi connectivity index (χ0v) is 21.7. The van der Waals surface area contributed by atoms with Crippen LogP contribution in [0, 0.1) is 11.3 Å². The van der Waals surface area contributed by atoms with E-state index >= 15 is 0 Å². The first-order valence-electron chi connectivity index (χ1n) is 13.3. The maximum absolute atomic E-state index is 10.3. The summed E-state index contributed by atoms with van der Waals surface area (Å²) in [5.74, 6) is 0.594. The van der Waals surface area contributed by atoms with E-state index in [0.29, 0.717) is 22.8 Å². The monoisotopic (exact) mass is 512 g/mol. The Bertz CT molecular complexity index is 1830. The van der Waals surface area contributed by atoms with E-state index in [-0.39, 0.29) is 0 Å². The number of nitrogens with zero attached hydrogens (tertiary/aromatic N) is 4. The zero-order valence-electron chi connectivity index (χ0n) is 21.7. The van der Waals surface area contributed by atoms with Crippen LogP contribution in [-0.2, 0) is 6.42 Å². The second-order valence-corrected chi connectivity index (χ2v) is 9.78. The fraction of sp³-hybridized carbons (Fsp3) is 0.0278. The number of para-hydroxylation sites is 2. The third-order valence-corrected chi connectivity index (χ3v) is 7.34. The first-order valence-corrected chi connectivity index (χ1v) is 13.3. The van der Waals surface area contributed by atoms with Crippen molar-refractivity contribution in [3.05, 3.63) is 150 Å². The lowest BCUT2D eigenvalue weighted by atomic mass is 9.94. The van der Waals surface area contributed by atoms with Crippen molar-refractivity contribution in [2.45, 2.75) is 6.42 Å². The molecule has 0 fully saturated rings. The highest BCUT2D eigenvalue weighted by Crippen LogP contribution is 2.44. The van der Waals surface area contributed by atoms with Gasteiger partial charge in [0.2, 0.25) is 0 Å². The van der Waals surface area contributed by atoms with Crippen LogP contribution in [0.1, 0.15) is 16.7 Å². The van der Waals surface area contributed by atoms with Gasteiger partial charge < -0.3 is 4.90 Å². The summed E-state index contributed by atoms with van der Waals surface area (Å²) in [5.41, 5.74) is 10.4. The molecule has 1 aromatic heterocycles. The Labute approximate surface area is 233 Å². The average molecular weight is 513 g/mol. The largest absolute Gasteiger partial charge is 0.310 e. The lowest BCUT2D eigenvalue weighted by molar-refractivity contribution is 1.09. The van der Waals surface area contributed by atoms with E-state index in [0.717, 1.165) is 28.8 Å². The minimum Gasteiger partial charge on any atom is -0.310 e. The normalized spacial score (nSPS) is 11.8. The van der Waals surface area contributed by atoms with E-state index < -0.39 is 0 Å². The van der Waals surface area contributed by atoms with Gasteiger partial charge in [-0.05, 0) is 35.4 Å². The quantitative estimate of drug-likeness (QED) is 0.237. The molecule has 6 aromatic rings. The molecule has 4 heteroatoms. The van der Waals surface area contributed by atoms with Gasteiger partial charge >= 0.3 is 0 Å². The molecule has 188 valence electrons. The lowest BCUT2D eigenvalue weighted by Crippen LogP contribution is -2.18. The van der Waals surface area contributed by atoms with Gasteiger partial charge in [0, 0.05) is 40.2 Å². The van der Waals surface area contributed by atoms with Crippen LogP contribution in [0.4, 0.5) is 17.1 Å². The van der Waals surface area contributed by atoms with Crippen molar-refractivity contribution < 1.29 is 0 Å². The Morgan fingerprint density at radius 1 is 0.525 bits per heavy atom. The van der Waals surface area contributed by atoms with Crippen molar-refractivity contribution in [1.29, 1.82) is 5.26 Å². The van der Waals surface area contributed by atoms with Gasteiger partial charge in [-0.25, -0.2) is 9.97 Å². The number of nitriles is 1. The second-order valence-electron chi connectivity index (χ2n) is 9.78. The minimum atomic E-state index is 0.465. The zero-order chi connectivity index (χ0) is 26.9. The van der Waals surface area contributed by atoms with E-state index in [1.165, 1.54) is 22.5 Å². The number of fused-ring (bicyclic) bond motifs is 2. The second kappa shape index (κ2) is 9.98. The molecule has 0 atom stereocenters. The van der Waals surface area contributed by atoms with Gasteiger partial charge in [-0.2, -0.15) is 5.26 Å². The standard InChI is InChI=1S/C36H24N4/c37-24-31-34(25-11-3-1-4-12-25)38-36(27-13-5-2-6-14-27)39-35(31)26-19-21-30(22-20-26)40-32-17-9-7-15-28(32)23-29-16-8-10-18-33(29)40/h1-22H,23H2. The summed E-state index contributed by atoms with van der Waals surface area (Å²) in [5, 5.41) is 10.3. The molecule has 40 heavy (non-hydrogen) atoms. The van der Waals surface area contributed by atoms with Crippen LogP contribution >= 0.6 is 0 Å². The smallest absolute Gasteiger partial charge is 0.160 e. The van der Waals surface area contributed by atoms with Crippen molar-refractivity contribution in [2.75, 3.05) is 4.90 Å². The van der Waals surface area contributed by atoms with Crippen LogP contribution in [0.25, 0.3) is 33.9 Å². The molecule has 0 amide bonds. The lowest BCUT2D eigenvalue weighted by Gasteiger charge is -2.33. The summed E-state index contributed by atoms with van der Waals surface area (Å²) >= 11 is 0. The van der Waals surface area contributed by atoms with Crippen molar-refractivity contribution in [3.63, 3.8) is 0 Å². The Balaban J connectivity index is 1.38. The number of aromatic nitrogens is 2. The molecule has 0 bridgehead atoms. The van der Waals surface area contributed by atoms with Crippen molar-refractivity contribution in [2.24, 2.45) is 0 Å². The number of hydrogen-bond donors (Lipinski definition) is 0. The molecular formula is C36H24N4. The molecule has 4 nitrogen and oxygen atoms in total. The Kier molecular flexibility index (Phi) is 5.88. The Morgan fingerprint density at radius 3 is 1.55 bits per heavy atom. The van der Waals surface area contributed by atoms with Crippen LogP contribution in [-0.4, -0.2) is 9.97 Å². The van der Waals surface area contributed by atoms with E-state index in [9.17, 15) is 5.26 Å². The van der Waals surface area contributed by atoms with Gasteiger partial charge in [0.15, 0.2) is 5.82 Å². The number of hydrogen-bond acceptors (Lipinski definition) is 4. The maximum atomic E-state index is 10.3. The van der Waals surface area contributed by atoms with E-state index in [1.807, 2.05) is 60.7 Å². The van der Waals surface area contributed by atoms with Gasteiger partial charge in [-0.1, -0.05) is 109 Å². The molecule has 7 rings (SSSR count). The van der Waals surface area contributed by atoms with Crippen LogP contribution in [0.2, 0.25) is 0 Å². The van der Waals surface area contributed by atoms with Crippen molar-refractivity contribution >= 4 is 17.1 Å². The first kappa shape index (κ1) is 23.6. The summed E-state index contributed by atoms with van der Waals surface area (Å²) in [7, 11) is 0. The first-order chi connectivity index (χ1) is 19.8. The minimum absolute atomic E-state index is 0.465. The van der Waals surface area contributed by atoms with Crippen LogP contribution < -0.4 is 4.90 Å². The molecule has 0 saturated heterocycles. The van der Waals surface area contributed by atoms with Crippen molar-refractivity contribution in [3.8, 4) is 40.0 Å². The summed E-state index contributed by atoms with van der Waals surface area (Å²) in [4.78, 5) is 12.1. The molecule has 0 aliphatic carbocycles. The number of rotatable bonds is 4. The molecule has 5 aromatic carbocycles. The molecule has 0 saturated carbocycles. The fourth-order valence-corrected chi connectivity index (χ4v) is 5.44. The van der Waals surface area contributed by atoms with Gasteiger partial charge in [0.25, 0.3) is 0 Å². The third-order valence-electron chi connectivity index (χ3n) is 7.34. The Morgan fingerprint density at radius 2 is 1.00 bits per heavy atom. The van der Waals surface area contributed by atoms with Crippen LogP contribution in [0.5, 0.6) is 0 Å². The van der Waals surface area contributed by atoms with Gasteiger partial charge in [0.1, 0.15) is 11.6 Å². The summed E-state index contributed by atoms with van der Waals surface area (Å²) < 4.78 is 0. The SMILES string of the molecule is N#Cc1c(-c2ccccc2)nc(-c2ccccc2)nc1-c1ccc(N2c3ccccc3Cc3ccccc32)cc1. The van der Waals surface area contributed by atoms with Crippen LogP contribution in [0.15, 0.2) is 133 Å². The van der Waals surface area contributed by atoms with E-state index in [1.54, 1.807) is 0 Å². The maximum Gasteiger partial charge on any atom is 0.160 e. The molecule has 0 radical (unpaired) electrons. The molecule has 1 aliphatic heterocycles. The summed E-state index contributed by atoms with van der Waals surface area (Å²) in [6, 6.07) is 47.6. The third kappa shape index (κ3) is 4.11. The summed E-state index contributed by atoms with van der Waals surface area (Å²) in [6.07, 6.45) is 0.915. The number of anilines is 3. The molecule has 0 spiro atoms. The number of benzene rings is 5. The molecule has 2 heterocycles. The Hall–Kier alpha value is -5.53. The van der Waals surface area contributed by atoms with Gasteiger partial charge in [0.05, 0.1) is 11.4 Å². The van der Waals surface area contributed by atoms with E-state index in [2.05, 4.69) is 83.8 Å². The fourth-order valence-electron chi connectivity index (χ4n) is 5.44. The van der Waals surface area contributed by atoms with Crippen molar-refractivity contribution in [1.82, 2.24) is 9.97 Å². The van der Waals surface area contributed by atoms with Gasteiger partial charge in [-0.3, -0.25) is 0 Å². The summed E-state index contributed by atoms with van der Waals surface area (Å²) in [6.45, 7) is 0. The average Bonchev–Trinajstić information content (AvgIpc) is 3.04. The van der Waals surface area contributed by atoms with E-state index in [4.69, 9.17) is 9.97 Å². The van der Waals surface area contributed by atoms with Crippen LogP contribution in [0.3, 0.4) is 0 Å². The predicted molar refractivity (Wildman–Crippen MR) is 161 cm³/mol. The molecular weight excluding hydrogens is 488 g/mol. The topological polar surface area (TPSA) is 52.8 Å². The molecule has 0 unspecified atom stereocenters. The van der Waals surface area contributed by atoms with Gasteiger partial charge in [-0.15, -0.1) is 0 Å². The molecule has 1 aliphatic rings. The highest BCUT2D eigenvalue weighted by molar-refractivity contribution is 5.85. The highest BCUT2D eigenvalue weighted by atomic mass is 15.2. The molecule has 0 N–H and O–H groups in total. The predicted octanol–water partition coefficient (Wildman–Crippen LogP) is 8.72.